The van der Waals surface area contributed by atoms with Crippen molar-refractivity contribution in [3.8, 4) is 0 Å². The quantitative estimate of drug-likeness (QED) is 0.745. The number of methoxy groups -OCH3 is 1. The first-order valence-corrected chi connectivity index (χ1v) is 5.44. The van der Waals surface area contributed by atoms with E-state index in [0.717, 1.165) is 5.56 Å². The van der Waals surface area contributed by atoms with Gasteiger partial charge in [-0.1, -0.05) is 18.2 Å². The van der Waals surface area contributed by atoms with Crippen LogP contribution >= 0.6 is 0 Å². The predicted octanol–water partition coefficient (Wildman–Crippen LogP) is 1.63. The summed E-state index contributed by atoms with van der Waals surface area (Å²) in [5.74, 6) is -0.388. The fourth-order valence-corrected chi connectivity index (χ4v) is 1.48. The Hall–Kier alpha value is -1.84. The van der Waals surface area contributed by atoms with Gasteiger partial charge >= 0.3 is 5.97 Å². The summed E-state index contributed by atoms with van der Waals surface area (Å²) in [4.78, 5) is 24.5. The summed E-state index contributed by atoms with van der Waals surface area (Å²) in [6.45, 7) is 2.25. The fourth-order valence-electron chi connectivity index (χ4n) is 1.48. The smallest absolute Gasteiger partial charge is 0.307 e. The number of carbonyl (C=O) groups excluding carboxylic acids is 2. The summed E-state index contributed by atoms with van der Waals surface area (Å²) in [7, 11) is 3.02. The second kappa shape index (κ2) is 6.03. The molecule has 0 unspecified atom stereocenters. The minimum atomic E-state index is -0.311. The molecule has 0 spiro atoms. The number of esters is 1. The third kappa shape index (κ3) is 3.59. The van der Waals surface area contributed by atoms with Crippen molar-refractivity contribution in [2.45, 2.75) is 13.3 Å². The van der Waals surface area contributed by atoms with Crippen LogP contribution in [0.15, 0.2) is 24.3 Å². The minimum Gasteiger partial charge on any atom is -0.469 e. The number of hydrogen-bond donors (Lipinski definition) is 0. The van der Waals surface area contributed by atoms with Crippen molar-refractivity contribution in [2.24, 2.45) is 0 Å². The lowest BCUT2D eigenvalue weighted by Crippen LogP contribution is -2.29. The highest BCUT2D eigenvalue weighted by atomic mass is 16.5. The Kier molecular flexibility index (Phi) is 4.69. The molecule has 0 fully saturated rings. The average molecular weight is 235 g/mol. The van der Waals surface area contributed by atoms with Gasteiger partial charge in [-0.05, 0) is 18.6 Å². The molecule has 4 heteroatoms. The first-order chi connectivity index (χ1) is 8.06. The average Bonchev–Trinajstić information content (AvgIpc) is 2.35. The van der Waals surface area contributed by atoms with Crippen LogP contribution in [-0.4, -0.2) is 37.5 Å². The summed E-state index contributed by atoms with van der Waals surface area (Å²) < 4.78 is 4.53. The van der Waals surface area contributed by atoms with Crippen LogP contribution in [0, 0.1) is 6.92 Å². The van der Waals surface area contributed by atoms with Crippen LogP contribution < -0.4 is 0 Å². The van der Waals surface area contributed by atoms with Gasteiger partial charge in [0.05, 0.1) is 13.5 Å². The summed E-state index contributed by atoms with van der Waals surface area (Å²) in [6.07, 6.45) is 0.213. The third-order valence-corrected chi connectivity index (χ3v) is 2.60. The first-order valence-electron chi connectivity index (χ1n) is 5.44. The van der Waals surface area contributed by atoms with Gasteiger partial charge in [-0.15, -0.1) is 0 Å². The fraction of sp³-hybridized carbons (Fsp3) is 0.385. The van der Waals surface area contributed by atoms with E-state index in [9.17, 15) is 9.59 Å². The van der Waals surface area contributed by atoms with E-state index in [0.29, 0.717) is 12.1 Å². The molecule has 0 bridgehead atoms. The molecule has 92 valence electrons. The van der Waals surface area contributed by atoms with Gasteiger partial charge in [0, 0.05) is 19.2 Å². The van der Waals surface area contributed by atoms with E-state index in [1.54, 1.807) is 13.1 Å². The molecule has 1 amide bonds. The Bertz CT molecular complexity index is 415. The van der Waals surface area contributed by atoms with Gasteiger partial charge < -0.3 is 9.64 Å². The van der Waals surface area contributed by atoms with E-state index in [1.807, 2.05) is 25.1 Å². The van der Waals surface area contributed by atoms with E-state index in [2.05, 4.69) is 4.74 Å². The molecule has 0 radical (unpaired) electrons. The van der Waals surface area contributed by atoms with Crippen LogP contribution in [0.25, 0.3) is 0 Å². The second-order valence-corrected chi connectivity index (χ2v) is 3.87. The van der Waals surface area contributed by atoms with Crippen LogP contribution in [0.5, 0.6) is 0 Å². The molecule has 1 rings (SSSR count). The Morgan fingerprint density at radius 1 is 1.29 bits per heavy atom. The van der Waals surface area contributed by atoms with Crippen molar-refractivity contribution in [3.63, 3.8) is 0 Å². The lowest BCUT2D eigenvalue weighted by atomic mass is 10.1. The largest absolute Gasteiger partial charge is 0.469 e. The molecule has 17 heavy (non-hydrogen) atoms. The van der Waals surface area contributed by atoms with Gasteiger partial charge in [-0.25, -0.2) is 0 Å². The van der Waals surface area contributed by atoms with Crippen molar-refractivity contribution < 1.29 is 14.3 Å². The number of aryl methyl sites for hydroxylation is 1. The summed E-state index contributed by atoms with van der Waals surface area (Å²) >= 11 is 0. The number of ether oxygens (including phenoxy) is 1. The highest BCUT2D eigenvalue weighted by Gasteiger charge is 2.14. The predicted molar refractivity (Wildman–Crippen MR) is 64.8 cm³/mol. The maximum atomic E-state index is 12.0. The van der Waals surface area contributed by atoms with E-state index in [1.165, 1.54) is 12.0 Å². The van der Waals surface area contributed by atoms with Gasteiger partial charge in [0.15, 0.2) is 0 Å². The van der Waals surface area contributed by atoms with Crippen molar-refractivity contribution in [2.75, 3.05) is 20.7 Å². The zero-order valence-corrected chi connectivity index (χ0v) is 10.4. The van der Waals surface area contributed by atoms with Gasteiger partial charge in [-0.3, -0.25) is 9.59 Å². The monoisotopic (exact) mass is 235 g/mol. The SMILES string of the molecule is COC(=O)CCN(C)C(=O)c1ccccc1C. The van der Waals surface area contributed by atoms with Crippen molar-refractivity contribution >= 4 is 11.9 Å². The molecule has 0 heterocycles. The Balaban J connectivity index is 2.64. The highest BCUT2D eigenvalue weighted by molar-refractivity contribution is 5.95. The molecule has 4 nitrogen and oxygen atoms in total. The number of hydrogen-bond acceptors (Lipinski definition) is 3. The molecule has 1 aromatic carbocycles. The van der Waals surface area contributed by atoms with Crippen LogP contribution in [0.4, 0.5) is 0 Å². The van der Waals surface area contributed by atoms with Gasteiger partial charge in [0.2, 0.25) is 0 Å². The van der Waals surface area contributed by atoms with Gasteiger partial charge in [0.25, 0.3) is 5.91 Å². The molecule has 0 saturated heterocycles. The maximum absolute atomic E-state index is 12.0. The molecule has 0 aliphatic heterocycles. The number of rotatable bonds is 4. The Morgan fingerprint density at radius 3 is 2.53 bits per heavy atom. The van der Waals surface area contributed by atoms with Crippen molar-refractivity contribution in [1.29, 1.82) is 0 Å². The number of nitrogens with zero attached hydrogens (tertiary/aromatic N) is 1. The molecular formula is C13H17NO3. The molecule has 0 aliphatic rings. The zero-order valence-electron chi connectivity index (χ0n) is 10.4. The highest BCUT2D eigenvalue weighted by Crippen LogP contribution is 2.09. The van der Waals surface area contributed by atoms with Crippen molar-refractivity contribution in [1.82, 2.24) is 4.90 Å². The normalized spacial score (nSPS) is 9.82. The molecule has 0 saturated carbocycles. The molecular weight excluding hydrogens is 218 g/mol. The van der Waals surface area contributed by atoms with Crippen LogP contribution in [0.1, 0.15) is 22.3 Å². The summed E-state index contributed by atoms with van der Waals surface area (Å²) in [6, 6.07) is 7.39. The van der Waals surface area contributed by atoms with Gasteiger partial charge in [0.1, 0.15) is 0 Å². The Labute approximate surface area is 101 Å². The molecule has 0 aliphatic carbocycles. The number of amides is 1. The standard InChI is InChI=1S/C13H17NO3/c1-10-6-4-5-7-11(10)13(16)14(2)9-8-12(15)17-3/h4-7H,8-9H2,1-3H3. The first kappa shape index (κ1) is 13.2. The molecule has 0 N–H and O–H groups in total. The zero-order chi connectivity index (χ0) is 12.8. The summed E-state index contributed by atoms with van der Waals surface area (Å²) in [5.41, 5.74) is 1.60. The summed E-state index contributed by atoms with van der Waals surface area (Å²) in [5, 5.41) is 0. The lowest BCUT2D eigenvalue weighted by Gasteiger charge is -2.17. The third-order valence-electron chi connectivity index (χ3n) is 2.60. The molecule has 0 aromatic heterocycles. The Morgan fingerprint density at radius 2 is 1.94 bits per heavy atom. The number of carbonyl (C=O) groups is 2. The maximum Gasteiger partial charge on any atom is 0.307 e. The topological polar surface area (TPSA) is 46.6 Å². The lowest BCUT2D eigenvalue weighted by molar-refractivity contribution is -0.140. The van der Waals surface area contributed by atoms with E-state index >= 15 is 0 Å². The van der Waals surface area contributed by atoms with E-state index in [-0.39, 0.29) is 18.3 Å². The number of benzene rings is 1. The van der Waals surface area contributed by atoms with Crippen LogP contribution in [0.2, 0.25) is 0 Å². The van der Waals surface area contributed by atoms with E-state index in [4.69, 9.17) is 0 Å². The van der Waals surface area contributed by atoms with Crippen LogP contribution in [0.3, 0.4) is 0 Å². The van der Waals surface area contributed by atoms with E-state index < -0.39 is 0 Å². The minimum absolute atomic E-state index is 0.0768. The molecule has 0 atom stereocenters. The van der Waals surface area contributed by atoms with Crippen LogP contribution in [-0.2, 0) is 9.53 Å². The molecule has 1 aromatic rings. The van der Waals surface area contributed by atoms with Crippen molar-refractivity contribution in [3.05, 3.63) is 35.4 Å². The second-order valence-electron chi connectivity index (χ2n) is 3.87. The van der Waals surface area contributed by atoms with Gasteiger partial charge in [-0.2, -0.15) is 0 Å².